The molecule has 6 nitrogen and oxygen atoms in total. The summed E-state index contributed by atoms with van der Waals surface area (Å²) in [5.74, 6) is -0.175. The number of carbonyl (C=O) groups is 1. The number of rotatable bonds is 5. The van der Waals surface area contributed by atoms with Crippen molar-refractivity contribution >= 4 is 34.3 Å². The van der Waals surface area contributed by atoms with Gasteiger partial charge in [0.2, 0.25) is 5.55 Å². The second-order valence-corrected chi connectivity index (χ2v) is 7.73. The number of aromatic hydroxyl groups is 1. The maximum absolute atomic E-state index is 12.9. The van der Waals surface area contributed by atoms with Crippen LogP contribution >= 0.6 is 11.8 Å². The van der Waals surface area contributed by atoms with Crippen LogP contribution in [0, 0.1) is 0 Å². The molecule has 7 heteroatoms. The van der Waals surface area contributed by atoms with Crippen LogP contribution < -0.4 is 10.9 Å². The number of hydrogen-bond acceptors (Lipinski definition) is 6. The minimum absolute atomic E-state index is 0.0481. The molecule has 1 aromatic heterocycles. The lowest BCUT2D eigenvalue weighted by Crippen LogP contribution is -2.34. The van der Waals surface area contributed by atoms with Crippen molar-refractivity contribution in [3.05, 3.63) is 59.6 Å². The van der Waals surface area contributed by atoms with Crippen molar-refractivity contribution in [1.82, 2.24) is 5.32 Å². The number of thioether (sulfide) groups is 1. The third-order valence-corrected chi connectivity index (χ3v) is 5.50. The Morgan fingerprint density at radius 3 is 2.97 bits per heavy atom. The van der Waals surface area contributed by atoms with Gasteiger partial charge in [0.15, 0.2) is 0 Å². The SMILES string of the molecule is CSc1cccc(N=c2oc3cc(O)ccc3cc2C(=O)NCC2CCCO2)c1. The molecule has 1 saturated heterocycles. The summed E-state index contributed by atoms with van der Waals surface area (Å²) >= 11 is 1.61. The molecule has 4 rings (SSSR count). The van der Waals surface area contributed by atoms with Crippen LogP contribution in [0.2, 0.25) is 0 Å². The van der Waals surface area contributed by atoms with E-state index in [1.165, 1.54) is 6.07 Å². The zero-order chi connectivity index (χ0) is 20.2. The van der Waals surface area contributed by atoms with Crippen LogP contribution in [0.1, 0.15) is 23.2 Å². The van der Waals surface area contributed by atoms with Crippen molar-refractivity contribution in [2.45, 2.75) is 23.8 Å². The van der Waals surface area contributed by atoms with Gasteiger partial charge in [-0.25, -0.2) is 4.99 Å². The molecule has 1 unspecified atom stereocenters. The third-order valence-electron chi connectivity index (χ3n) is 4.78. The number of phenolic OH excluding ortho intramolecular Hbond substituents is 1. The normalized spacial score (nSPS) is 17.0. The highest BCUT2D eigenvalue weighted by molar-refractivity contribution is 7.98. The fourth-order valence-electron chi connectivity index (χ4n) is 3.26. The van der Waals surface area contributed by atoms with E-state index in [4.69, 9.17) is 9.15 Å². The Morgan fingerprint density at radius 1 is 1.28 bits per heavy atom. The lowest BCUT2D eigenvalue weighted by Gasteiger charge is -2.11. The van der Waals surface area contributed by atoms with Gasteiger partial charge >= 0.3 is 0 Å². The monoisotopic (exact) mass is 410 g/mol. The van der Waals surface area contributed by atoms with Crippen LogP contribution in [0.15, 0.2) is 62.8 Å². The van der Waals surface area contributed by atoms with E-state index in [1.807, 2.05) is 30.5 Å². The second kappa shape index (κ2) is 8.71. The molecule has 2 heterocycles. The highest BCUT2D eigenvalue weighted by Crippen LogP contribution is 2.22. The number of fused-ring (bicyclic) bond motifs is 1. The number of benzene rings is 2. The Hall–Kier alpha value is -2.77. The van der Waals surface area contributed by atoms with E-state index in [0.717, 1.165) is 24.3 Å². The molecule has 1 amide bonds. The number of hydrogen-bond donors (Lipinski definition) is 2. The van der Waals surface area contributed by atoms with E-state index in [0.29, 0.717) is 28.8 Å². The summed E-state index contributed by atoms with van der Waals surface area (Å²) in [6, 6.07) is 14.2. The van der Waals surface area contributed by atoms with Gasteiger partial charge in [-0.15, -0.1) is 11.8 Å². The minimum Gasteiger partial charge on any atom is -0.508 e. The van der Waals surface area contributed by atoms with Crippen molar-refractivity contribution in [1.29, 1.82) is 0 Å². The topological polar surface area (TPSA) is 84.1 Å². The molecule has 2 aromatic carbocycles. The molecule has 1 aliphatic rings. The average molecular weight is 410 g/mol. The van der Waals surface area contributed by atoms with Gasteiger partial charge in [0, 0.05) is 29.5 Å². The number of nitrogens with zero attached hydrogens (tertiary/aromatic N) is 1. The zero-order valence-corrected chi connectivity index (χ0v) is 16.9. The molecule has 3 aromatic rings. The summed E-state index contributed by atoms with van der Waals surface area (Å²) in [5, 5.41) is 13.4. The fourth-order valence-corrected chi connectivity index (χ4v) is 3.71. The Balaban J connectivity index is 1.75. The molecule has 0 bridgehead atoms. The molecule has 0 aliphatic carbocycles. The van der Waals surface area contributed by atoms with Crippen molar-refractivity contribution in [3.8, 4) is 5.75 Å². The van der Waals surface area contributed by atoms with Gasteiger partial charge in [0.05, 0.1) is 11.8 Å². The number of carbonyl (C=O) groups excluding carboxylic acids is 1. The van der Waals surface area contributed by atoms with Crippen molar-refractivity contribution in [2.24, 2.45) is 4.99 Å². The van der Waals surface area contributed by atoms with Crippen molar-refractivity contribution in [3.63, 3.8) is 0 Å². The maximum Gasteiger partial charge on any atom is 0.256 e. The molecule has 0 spiro atoms. The lowest BCUT2D eigenvalue weighted by atomic mass is 10.1. The summed E-state index contributed by atoms with van der Waals surface area (Å²) < 4.78 is 11.5. The molecule has 1 atom stereocenters. The molecular weight excluding hydrogens is 388 g/mol. The fraction of sp³-hybridized carbons (Fsp3) is 0.273. The van der Waals surface area contributed by atoms with E-state index in [1.54, 1.807) is 30.0 Å². The summed E-state index contributed by atoms with van der Waals surface area (Å²) in [6.07, 6.45) is 4.00. The number of ether oxygens (including phenoxy) is 1. The highest BCUT2D eigenvalue weighted by Gasteiger charge is 2.18. The molecule has 1 fully saturated rings. The standard InChI is InChI=1S/C22H22N2O4S/c1-29-18-6-2-4-15(11-18)24-22-19(21(26)23-13-17-5-3-9-27-17)10-14-7-8-16(25)12-20(14)28-22/h2,4,6-8,10-12,17,25H,3,5,9,13H2,1H3,(H,23,26). The van der Waals surface area contributed by atoms with E-state index >= 15 is 0 Å². The van der Waals surface area contributed by atoms with Gasteiger partial charge in [-0.2, -0.15) is 0 Å². The Bertz CT molecular complexity index is 1100. The first-order chi connectivity index (χ1) is 14.1. The summed E-state index contributed by atoms with van der Waals surface area (Å²) in [7, 11) is 0. The molecular formula is C22H22N2O4S. The van der Waals surface area contributed by atoms with Crippen molar-refractivity contribution < 1.29 is 19.1 Å². The highest BCUT2D eigenvalue weighted by atomic mass is 32.2. The molecule has 150 valence electrons. The second-order valence-electron chi connectivity index (χ2n) is 6.85. The number of nitrogens with one attached hydrogen (secondary N) is 1. The van der Waals surface area contributed by atoms with E-state index in [-0.39, 0.29) is 23.3 Å². The van der Waals surface area contributed by atoms with Crippen LogP contribution in [0.25, 0.3) is 11.0 Å². The predicted octanol–water partition coefficient (Wildman–Crippen LogP) is 4.00. The number of amides is 1. The van der Waals surface area contributed by atoms with E-state index in [9.17, 15) is 9.90 Å². The molecule has 0 radical (unpaired) electrons. The molecule has 2 N–H and O–H groups in total. The molecule has 1 aliphatic heterocycles. The summed E-state index contributed by atoms with van der Waals surface area (Å²) in [5.41, 5.74) is 1.69. The minimum atomic E-state index is -0.265. The van der Waals surface area contributed by atoms with Gasteiger partial charge in [-0.05, 0) is 55.5 Å². The average Bonchev–Trinajstić information content (AvgIpc) is 3.25. The van der Waals surface area contributed by atoms with Gasteiger partial charge < -0.3 is 19.6 Å². The van der Waals surface area contributed by atoms with Crippen LogP contribution in [0.4, 0.5) is 5.69 Å². The van der Waals surface area contributed by atoms with Gasteiger partial charge in [0.25, 0.3) is 5.91 Å². The molecule has 29 heavy (non-hydrogen) atoms. The van der Waals surface area contributed by atoms with Gasteiger partial charge in [-0.3, -0.25) is 4.79 Å². The Kier molecular flexibility index (Phi) is 5.87. The molecule has 0 saturated carbocycles. The van der Waals surface area contributed by atoms with Crippen LogP contribution in [-0.4, -0.2) is 36.5 Å². The van der Waals surface area contributed by atoms with E-state index < -0.39 is 0 Å². The Labute approximate surface area is 172 Å². The first kappa shape index (κ1) is 19.5. The quantitative estimate of drug-likeness (QED) is 0.621. The third kappa shape index (κ3) is 4.63. The maximum atomic E-state index is 12.9. The van der Waals surface area contributed by atoms with Crippen LogP contribution in [0.5, 0.6) is 5.75 Å². The van der Waals surface area contributed by atoms with Crippen LogP contribution in [0.3, 0.4) is 0 Å². The largest absolute Gasteiger partial charge is 0.508 e. The lowest BCUT2D eigenvalue weighted by molar-refractivity contribution is 0.0854. The number of phenols is 1. The van der Waals surface area contributed by atoms with Crippen LogP contribution in [-0.2, 0) is 4.74 Å². The van der Waals surface area contributed by atoms with Crippen molar-refractivity contribution in [2.75, 3.05) is 19.4 Å². The van der Waals surface area contributed by atoms with Gasteiger partial charge in [-0.1, -0.05) is 6.07 Å². The Morgan fingerprint density at radius 2 is 2.17 bits per heavy atom. The van der Waals surface area contributed by atoms with E-state index in [2.05, 4.69) is 10.3 Å². The van der Waals surface area contributed by atoms with Gasteiger partial charge in [0.1, 0.15) is 16.9 Å². The summed E-state index contributed by atoms with van der Waals surface area (Å²) in [6.45, 7) is 1.19. The predicted molar refractivity (Wildman–Crippen MR) is 113 cm³/mol. The first-order valence-electron chi connectivity index (χ1n) is 9.48. The zero-order valence-electron chi connectivity index (χ0n) is 16.1. The smallest absolute Gasteiger partial charge is 0.256 e. The first-order valence-corrected chi connectivity index (χ1v) is 10.7. The summed E-state index contributed by atoms with van der Waals surface area (Å²) in [4.78, 5) is 18.5.